The molecule has 0 N–H and O–H groups in total. The average molecular weight is 395 g/mol. The number of benzene rings is 2. The molecule has 1 heterocycles. The molecule has 152 valence electrons. The lowest BCUT2D eigenvalue weighted by molar-refractivity contribution is -0.155. The number of carbonyl (C=O) groups excluding carboxylic acids is 2. The van der Waals surface area contributed by atoms with E-state index in [0.29, 0.717) is 30.2 Å². The molecule has 0 radical (unpaired) electrons. The van der Waals surface area contributed by atoms with Crippen LogP contribution in [0.5, 0.6) is 11.5 Å². The number of fused-ring (bicyclic) bond motifs is 1. The van der Waals surface area contributed by atoms with E-state index in [0.717, 1.165) is 12.0 Å². The van der Waals surface area contributed by atoms with Gasteiger partial charge in [-0.05, 0) is 42.7 Å². The Bertz CT molecular complexity index is 921. The number of amides is 1. The van der Waals surface area contributed by atoms with Crippen LogP contribution in [0.1, 0.15) is 23.6 Å². The third-order valence-corrected chi connectivity index (χ3v) is 4.92. The molecule has 1 aliphatic heterocycles. The second-order valence-corrected chi connectivity index (χ2v) is 6.80. The summed E-state index contributed by atoms with van der Waals surface area (Å²) < 4.78 is 15.8. The van der Waals surface area contributed by atoms with Crippen molar-refractivity contribution in [2.24, 2.45) is 0 Å². The quantitative estimate of drug-likeness (QED) is 0.555. The Morgan fingerprint density at radius 2 is 1.83 bits per heavy atom. The first-order valence-electron chi connectivity index (χ1n) is 9.48. The molecule has 6 heteroatoms. The zero-order valence-corrected chi connectivity index (χ0v) is 16.9. The van der Waals surface area contributed by atoms with Gasteiger partial charge in [0.2, 0.25) is 0 Å². The summed E-state index contributed by atoms with van der Waals surface area (Å²) in [5.41, 5.74) is 3.10. The normalized spacial score (nSPS) is 14.2. The van der Waals surface area contributed by atoms with E-state index in [2.05, 4.69) is 6.07 Å². The largest absolute Gasteiger partial charge is 0.497 e. The standard InChI is InChI=1S/C23H25NO5/c1-16(23(26)24-13-12-17-6-4-5-7-19(17)15-24)29-22(25)11-9-18-8-10-20(27-2)14-21(18)28-3/h4-11,14,16H,12-13,15H2,1-3H3/b11-9+/t16-/m0/s1. The number of hydrogen-bond donors (Lipinski definition) is 0. The summed E-state index contributed by atoms with van der Waals surface area (Å²) in [4.78, 5) is 26.6. The van der Waals surface area contributed by atoms with Gasteiger partial charge < -0.3 is 19.1 Å². The molecule has 0 spiro atoms. The summed E-state index contributed by atoms with van der Waals surface area (Å²) in [5, 5.41) is 0. The van der Waals surface area contributed by atoms with Crippen LogP contribution in [0.4, 0.5) is 0 Å². The molecule has 0 bridgehead atoms. The first-order chi connectivity index (χ1) is 14.0. The number of rotatable bonds is 6. The van der Waals surface area contributed by atoms with E-state index in [4.69, 9.17) is 14.2 Å². The zero-order chi connectivity index (χ0) is 20.8. The smallest absolute Gasteiger partial charge is 0.331 e. The number of ether oxygens (including phenoxy) is 3. The second-order valence-electron chi connectivity index (χ2n) is 6.80. The highest BCUT2D eigenvalue weighted by Gasteiger charge is 2.26. The van der Waals surface area contributed by atoms with Gasteiger partial charge in [0, 0.05) is 30.8 Å². The van der Waals surface area contributed by atoms with Gasteiger partial charge in [0.1, 0.15) is 11.5 Å². The van der Waals surface area contributed by atoms with Crippen LogP contribution in [0.2, 0.25) is 0 Å². The molecular weight excluding hydrogens is 370 g/mol. The Labute approximate surface area is 170 Å². The van der Waals surface area contributed by atoms with Gasteiger partial charge in [0.05, 0.1) is 14.2 Å². The first kappa shape index (κ1) is 20.5. The maximum atomic E-state index is 12.7. The van der Waals surface area contributed by atoms with Gasteiger partial charge in [-0.2, -0.15) is 0 Å². The monoisotopic (exact) mass is 395 g/mol. The van der Waals surface area contributed by atoms with E-state index in [1.54, 1.807) is 50.3 Å². The van der Waals surface area contributed by atoms with E-state index >= 15 is 0 Å². The molecule has 0 aliphatic carbocycles. The molecule has 0 saturated heterocycles. The van der Waals surface area contributed by atoms with Crippen LogP contribution in [0.25, 0.3) is 6.08 Å². The minimum Gasteiger partial charge on any atom is -0.497 e. The summed E-state index contributed by atoms with van der Waals surface area (Å²) in [6.45, 7) is 2.76. The summed E-state index contributed by atoms with van der Waals surface area (Å²) in [6.07, 6.45) is 2.84. The van der Waals surface area contributed by atoms with Gasteiger partial charge in [0.15, 0.2) is 6.10 Å². The van der Waals surface area contributed by atoms with E-state index in [-0.39, 0.29) is 5.91 Å². The van der Waals surface area contributed by atoms with Crippen LogP contribution >= 0.6 is 0 Å². The molecule has 2 aromatic carbocycles. The maximum absolute atomic E-state index is 12.7. The maximum Gasteiger partial charge on any atom is 0.331 e. The molecule has 0 unspecified atom stereocenters. The van der Waals surface area contributed by atoms with Gasteiger partial charge in [-0.15, -0.1) is 0 Å². The van der Waals surface area contributed by atoms with Crippen molar-refractivity contribution in [1.82, 2.24) is 4.90 Å². The number of methoxy groups -OCH3 is 2. The lowest BCUT2D eigenvalue weighted by Gasteiger charge is -2.30. The predicted molar refractivity (Wildman–Crippen MR) is 110 cm³/mol. The molecular formula is C23H25NO5. The Kier molecular flexibility index (Phi) is 6.54. The van der Waals surface area contributed by atoms with Crippen LogP contribution in [-0.4, -0.2) is 43.6 Å². The first-order valence-corrected chi connectivity index (χ1v) is 9.48. The fraction of sp³-hybridized carbons (Fsp3) is 0.304. The highest BCUT2D eigenvalue weighted by molar-refractivity contribution is 5.90. The number of esters is 1. The Balaban J connectivity index is 1.59. The van der Waals surface area contributed by atoms with Gasteiger partial charge in [-0.3, -0.25) is 4.79 Å². The summed E-state index contributed by atoms with van der Waals surface area (Å²) in [6, 6.07) is 13.4. The van der Waals surface area contributed by atoms with Crippen molar-refractivity contribution < 1.29 is 23.8 Å². The highest BCUT2D eigenvalue weighted by Crippen LogP contribution is 2.25. The van der Waals surface area contributed by atoms with Crippen LogP contribution in [0, 0.1) is 0 Å². The lowest BCUT2D eigenvalue weighted by Crippen LogP contribution is -2.42. The third-order valence-electron chi connectivity index (χ3n) is 4.92. The molecule has 2 aromatic rings. The molecule has 1 atom stereocenters. The second kappa shape index (κ2) is 9.28. The van der Waals surface area contributed by atoms with E-state index < -0.39 is 12.1 Å². The van der Waals surface area contributed by atoms with Crippen molar-refractivity contribution in [1.29, 1.82) is 0 Å². The lowest BCUT2D eigenvalue weighted by atomic mass is 9.99. The third kappa shape index (κ3) is 4.96. The molecule has 3 rings (SSSR count). The average Bonchev–Trinajstić information content (AvgIpc) is 2.76. The van der Waals surface area contributed by atoms with Crippen molar-refractivity contribution >= 4 is 18.0 Å². The molecule has 0 aromatic heterocycles. The minimum atomic E-state index is -0.852. The van der Waals surface area contributed by atoms with Crippen molar-refractivity contribution in [3.8, 4) is 11.5 Å². The van der Waals surface area contributed by atoms with Crippen molar-refractivity contribution in [3.63, 3.8) is 0 Å². The van der Waals surface area contributed by atoms with Crippen LogP contribution in [0.3, 0.4) is 0 Å². The van der Waals surface area contributed by atoms with Gasteiger partial charge in [0.25, 0.3) is 5.91 Å². The summed E-state index contributed by atoms with van der Waals surface area (Å²) in [7, 11) is 3.11. The predicted octanol–water partition coefficient (Wildman–Crippen LogP) is 3.23. The molecule has 6 nitrogen and oxygen atoms in total. The Hall–Kier alpha value is -3.28. The Morgan fingerprint density at radius 3 is 2.55 bits per heavy atom. The molecule has 1 amide bonds. The fourth-order valence-electron chi connectivity index (χ4n) is 3.32. The zero-order valence-electron chi connectivity index (χ0n) is 16.9. The van der Waals surface area contributed by atoms with Crippen molar-refractivity contribution in [2.45, 2.75) is 26.0 Å². The van der Waals surface area contributed by atoms with Crippen molar-refractivity contribution in [3.05, 3.63) is 65.2 Å². The van der Waals surface area contributed by atoms with E-state index in [1.807, 2.05) is 18.2 Å². The fourth-order valence-corrected chi connectivity index (χ4v) is 3.32. The minimum absolute atomic E-state index is 0.191. The SMILES string of the molecule is COc1ccc(/C=C/C(=O)O[C@@H](C)C(=O)N2CCc3ccccc3C2)c(OC)c1. The Morgan fingerprint density at radius 1 is 1.07 bits per heavy atom. The number of carbonyl (C=O) groups is 2. The van der Waals surface area contributed by atoms with Crippen LogP contribution < -0.4 is 9.47 Å². The number of nitrogens with zero attached hydrogens (tertiary/aromatic N) is 1. The van der Waals surface area contributed by atoms with Gasteiger partial charge >= 0.3 is 5.97 Å². The highest BCUT2D eigenvalue weighted by atomic mass is 16.5. The van der Waals surface area contributed by atoms with Crippen LogP contribution in [0.15, 0.2) is 48.5 Å². The van der Waals surface area contributed by atoms with Gasteiger partial charge in [-0.1, -0.05) is 24.3 Å². The number of hydrogen-bond acceptors (Lipinski definition) is 5. The van der Waals surface area contributed by atoms with E-state index in [1.165, 1.54) is 11.6 Å². The molecule has 0 saturated carbocycles. The van der Waals surface area contributed by atoms with Crippen LogP contribution in [-0.2, 0) is 27.3 Å². The van der Waals surface area contributed by atoms with E-state index in [9.17, 15) is 9.59 Å². The topological polar surface area (TPSA) is 65.1 Å². The molecule has 1 aliphatic rings. The summed E-state index contributed by atoms with van der Waals surface area (Å²) >= 11 is 0. The van der Waals surface area contributed by atoms with Gasteiger partial charge in [-0.25, -0.2) is 4.79 Å². The molecule has 29 heavy (non-hydrogen) atoms. The van der Waals surface area contributed by atoms with Crippen molar-refractivity contribution in [2.75, 3.05) is 20.8 Å². The summed E-state index contributed by atoms with van der Waals surface area (Å²) in [5.74, 6) is 0.456. The molecule has 0 fully saturated rings.